The number of esters is 1. The minimum absolute atomic E-state index is 0.339. The molecule has 1 N–H and O–H groups in total. The topological polar surface area (TPSA) is 73.9 Å². The number of aryl methyl sites for hydroxylation is 1. The van der Waals surface area contributed by atoms with Gasteiger partial charge < -0.3 is 19.5 Å². The molecule has 2 aromatic rings. The van der Waals surface area contributed by atoms with E-state index in [9.17, 15) is 9.59 Å². The third kappa shape index (κ3) is 5.67. The maximum Gasteiger partial charge on any atom is 0.344 e. The number of hydrogen-bond donors (Lipinski definition) is 1. The lowest BCUT2D eigenvalue weighted by molar-refractivity contribution is -0.155. The highest BCUT2D eigenvalue weighted by atomic mass is 35.5. The predicted molar refractivity (Wildman–Crippen MR) is 98.9 cm³/mol. The smallest absolute Gasteiger partial charge is 0.344 e. The van der Waals surface area contributed by atoms with Gasteiger partial charge in [0, 0.05) is 10.7 Å². The van der Waals surface area contributed by atoms with Crippen molar-refractivity contribution in [3.05, 3.63) is 53.1 Å². The van der Waals surface area contributed by atoms with E-state index in [0.29, 0.717) is 22.2 Å². The van der Waals surface area contributed by atoms with Gasteiger partial charge in [-0.25, -0.2) is 4.79 Å². The summed E-state index contributed by atoms with van der Waals surface area (Å²) in [6.45, 7) is 3.05. The van der Waals surface area contributed by atoms with E-state index in [1.165, 1.54) is 14.0 Å². The lowest BCUT2D eigenvalue weighted by Crippen LogP contribution is -2.31. The van der Waals surface area contributed by atoms with Gasteiger partial charge in [0.15, 0.2) is 24.2 Å². The zero-order valence-corrected chi connectivity index (χ0v) is 15.5. The summed E-state index contributed by atoms with van der Waals surface area (Å²) in [6.07, 6.45) is -0.981. The van der Waals surface area contributed by atoms with Gasteiger partial charge >= 0.3 is 5.97 Å². The van der Waals surface area contributed by atoms with E-state index in [4.69, 9.17) is 25.8 Å². The van der Waals surface area contributed by atoms with Crippen molar-refractivity contribution in [2.75, 3.05) is 19.0 Å². The maximum absolute atomic E-state index is 12.1. The molecule has 0 saturated carbocycles. The Kier molecular flexibility index (Phi) is 6.86. The Balaban J connectivity index is 1.86. The van der Waals surface area contributed by atoms with Crippen molar-refractivity contribution in [2.24, 2.45) is 0 Å². The van der Waals surface area contributed by atoms with E-state index in [2.05, 4.69) is 5.32 Å². The molecule has 0 aliphatic rings. The second-order valence-electron chi connectivity index (χ2n) is 5.57. The highest BCUT2D eigenvalue weighted by Crippen LogP contribution is 2.27. The fraction of sp³-hybridized carbons (Fsp3) is 0.263. The van der Waals surface area contributed by atoms with Crippen molar-refractivity contribution in [1.82, 2.24) is 0 Å². The van der Waals surface area contributed by atoms with Crippen molar-refractivity contribution < 1.29 is 23.8 Å². The predicted octanol–water partition coefficient (Wildman–Crippen LogP) is 3.61. The first kappa shape index (κ1) is 19.6. The molecule has 0 aliphatic heterocycles. The summed E-state index contributed by atoms with van der Waals surface area (Å²) < 4.78 is 15.7. The summed E-state index contributed by atoms with van der Waals surface area (Å²) in [6, 6.07) is 12.0. The standard InChI is InChI=1S/C19H20ClNO5/c1-12-7-8-16(17(9-12)24-3)25-11-18(22)26-13(2)19(23)21-15-6-4-5-14(20)10-15/h4-10,13H,11H2,1-3H3,(H,21,23). The van der Waals surface area contributed by atoms with Crippen LogP contribution >= 0.6 is 11.6 Å². The maximum atomic E-state index is 12.1. The molecule has 0 heterocycles. The Morgan fingerprint density at radius 2 is 1.92 bits per heavy atom. The minimum atomic E-state index is -0.981. The highest BCUT2D eigenvalue weighted by molar-refractivity contribution is 6.30. The number of ether oxygens (including phenoxy) is 3. The number of carbonyl (C=O) groups excluding carboxylic acids is 2. The zero-order valence-electron chi connectivity index (χ0n) is 14.7. The molecule has 7 heteroatoms. The molecule has 2 aromatic carbocycles. The molecular formula is C19H20ClNO5. The van der Waals surface area contributed by atoms with Crippen LogP contribution in [-0.2, 0) is 14.3 Å². The van der Waals surface area contributed by atoms with Crippen molar-refractivity contribution in [3.63, 3.8) is 0 Å². The van der Waals surface area contributed by atoms with Gasteiger partial charge in [-0.15, -0.1) is 0 Å². The lowest BCUT2D eigenvalue weighted by atomic mass is 10.2. The van der Waals surface area contributed by atoms with Gasteiger partial charge in [0.05, 0.1) is 7.11 Å². The van der Waals surface area contributed by atoms with Crippen LogP contribution in [0.25, 0.3) is 0 Å². The van der Waals surface area contributed by atoms with Crippen molar-refractivity contribution in [2.45, 2.75) is 20.0 Å². The molecule has 0 fully saturated rings. The largest absolute Gasteiger partial charge is 0.493 e. The van der Waals surface area contributed by atoms with Crippen molar-refractivity contribution in [1.29, 1.82) is 0 Å². The van der Waals surface area contributed by atoms with Gasteiger partial charge in [0.2, 0.25) is 0 Å². The number of nitrogens with one attached hydrogen (secondary N) is 1. The molecule has 0 aromatic heterocycles. The normalized spacial score (nSPS) is 11.4. The SMILES string of the molecule is COc1cc(C)ccc1OCC(=O)OC(C)C(=O)Nc1cccc(Cl)c1. The van der Waals surface area contributed by atoms with Crippen LogP contribution in [0.2, 0.25) is 5.02 Å². The molecular weight excluding hydrogens is 358 g/mol. The van der Waals surface area contributed by atoms with Gasteiger partial charge in [-0.1, -0.05) is 23.7 Å². The molecule has 0 spiro atoms. The Bertz CT molecular complexity index is 793. The third-order valence-corrected chi connectivity index (χ3v) is 3.67. The summed E-state index contributed by atoms with van der Waals surface area (Å²) >= 11 is 5.86. The quantitative estimate of drug-likeness (QED) is 0.746. The van der Waals surface area contributed by atoms with Crippen molar-refractivity contribution in [3.8, 4) is 11.5 Å². The van der Waals surface area contributed by atoms with Crippen LogP contribution in [0.5, 0.6) is 11.5 Å². The molecule has 26 heavy (non-hydrogen) atoms. The number of amides is 1. The number of halogens is 1. The van der Waals surface area contributed by atoms with Crippen LogP contribution < -0.4 is 14.8 Å². The van der Waals surface area contributed by atoms with Crippen LogP contribution in [0, 0.1) is 6.92 Å². The Labute approximate surface area is 157 Å². The molecule has 1 amide bonds. The Morgan fingerprint density at radius 3 is 2.62 bits per heavy atom. The number of carbonyl (C=O) groups is 2. The summed E-state index contributed by atoms with van der Waals surface area (Å²) in [7, 11) is 1.52. The number of anilines is 1. The summed E-state index contributed by atoms with van der Waals surface area (Å²) in [5.74, 6) is -0.189. The molecule has 2 rings (SSSR count). The van der Waals surface area contributed by atoms with Crippen LogP contribution in [0.3, 0.4) is 0 Å². The minimum Gasteiger partial charge on any atom is -0.493 e. The van der Waals surface area contributed by atoms with Gasteiger partial charge in [-0.3, -0.25) is 4.79 Å². The molecule has 6 nitrogen and oxygen atoms in total. The van der Waals surface area contributed by atoms with Crippen LogP contribution in [0.1, 0.15) is 12.5 Å². The first-order valence-corrected chi connectivity index (χ1v) is 8.30. The van der Waals surface area contributed by atoms with E-state index in [1.54, 1.807) is 36.4 Å². The number of benzene rings is 2. The fourth-order valence-electron chi connectivity index (χ4n) is 2.13. The summed E-state index contributed by atoms with van der Waals surface area (Å²) in [5.41, 5.74) is 1.52. The molecule has 1 unspecified atom stereocenters. The Morgan fingerprint density at radius 1 is 1.15 bits per heavy atom. The average Bonchev–Trinajstić information content (AvgIpc) is 2.60. The third-order valence-electron chi connectivity index (χ3n) is 3.43. The highest BCUT2D eigenvalue weighted by Gasteiger charge is 2.19. The van der Waals surface area contributed by atoms with E-state index >= 15 is 0 Å². The first-order valence-electron chi connectivity index (χ1n) is 7.92. The monoisotopic (exact) mass is 377 g/mol. The van der Waals surface area contributed by atoms with Gasteiger partial charge in [-0.05, 0) is 49.7 Å². The molecule has 0 bridgehead atoms. The second kappa shape index (κ2) is 9.10. The van der Waals surface area contributed by atoms with Crippen LogP contribution in [-0.4, -0.2) is 31.7 Å². The molecule has 138 valence electrons. The van der Waals surface area contributed by atoms with Crippen molar-refractivity contribution >= 4 is 29.2 Å². The molecule has 0 radical (unpaired) electrons. The van der Waals surface area contributed by atoms with Gasteiger partial charge in [0.1, 0.15) is 0 Å². The number of methoxy groups -OCH3 is 1. The second-order valence-corrected chi connectivity index (χ2v) is 6.01. The van der Waals surface area contributed by atoms with Gasteiger partial charge in [-0.2, -0.15) is 0 Å². The molecule has 0 saturated heterocycles. The lowest BCUT2D eigenvalue weighted by Gasteiger charge is -2.15. The Hall–Kier alpha value is -2.73. The molecule has 0 aliphatic carbocycles. The van der Waals surface area contributed by atoms with Crippen LogP contribution in [0.4, 0.5) is 5.69 Å². The summed E-state index contributed by atoms with van der Waals surface area (Å²) in [4.78, 5) is 24.0. The van der Waals surface area contributed by atoms with E-state index < -0.39 is 18.0 Å². The number of hydrogen-bond acceptors (Lipinski definition) is 5. The summed E-state index contributed by atoms with van der Waals surface area (Å²) in [5, 5.41) is 3.12. The first-order chi connectivity index (χ1) is 12.4. The van der Waals surface area contributed by atoms with E-state index in [1.807, 2.05) is 13.0 Å². The zero-order chi connectivity index (χ0) is 19.1. The number of rotatable bonds is 7. The van der Waals surface area contributed by atoms with Gasteiger partial charge in [0.25, 0.3) is 5.91 Å². The average molecular weight is 378 g/mol. The van der Waals surface area contributed by atoms with E-state index in [0.717, 1.165) is 5.56 Å². The molecule has 1 atom stereocenters. The fourth-order valence-corrected chi connectivity index (χ4v) is 2.32. The van der Waals surface area contributed by atoms with Crippen LogP contribution in [0.15, 0.2) is 42.5 Å². The van der Waals surface area contributed by atoms with E-state index in [-0.39, 0.29) is 6.61 Å².